The second-order valence-corrected chi connectivity index (χ2v) is 3.44. The van der Waals surface area contributed by atoms with Gasteiger partial charge in [-0.15, -0.1) is 0 Å². The quantitative estimate of drug-likeness (QED) is 0.597. The summed E-state index contributed by atoms with van der Waals surface area (Å²) in [4.78, 5) is 22.4. The molecule has 0 aromatic heterocycles. The molecule has 0 aliphatic heterocycles. The summed E-state index contributed by atoms with van der Waals surface area (Å²) in [7, 11) is 0. The van der Waals surface area contributed by atoms with Crippen molar-refractivity contribution >= 4 is 11.9 Å². The molecule has 0 heterocycles. The van der Waals surface area contributed by atoms with Crippen LogP contribution in [0.15, 0.2) is 0 Å². The van der Waals surface area contributed by atoms with E-state index in [1.165, 1.54) is 13.8 Å². The topological polar surface area (TPSA) is 77.8 Å². The fourth-order valence-electron chi connectivity index (χ4n) is 0.930. The zero-order valence-corrected chi connectivity index (χ0v) is 8.07. The van der Waals surface area contributed by atoms with Gasteiger partial charge in [-0.25, -0.2) is 4.79 Å². The number of hydrogen-bond donors (Lipinski definition) is 2. The van der Waals surface area contributed by atoms with Crippen molar-refractivity contribution in [3.05, 3.63) is 0 Å². The third kappa shape index (κ3) is 4.47. The molecule has 0 fully saturated rings. The van der Waals surface area contributed by atoms with Gasteiger partial charge in [0, 0.05) is 13.1 Å². The average molecular weight is 189 g/mol. The average Bonchev–Trinajstić information content (AvgIpc) is 1.97. The molecule has 0 saturated carbocycles. The van der Waals surface area contributed by atoms with Gasteiger partial charge in [-0.1, -0.05) is 0 Å². The van der Waals surface area contributed by atoms with Gasteiger partial charge in [-0.05, 0) is 20.8 Å². The van der Waals surface area contributed by atoms with E-state index in [0.29, 0.717) is 0 Å². The number of carbonyl (C=O) groups excluding carboxylic acids is 1. The van der Waals surface area contributed by atoms with Gasteiger partial charge in [0.1, 0.15) is 0 Å². The highest BCUT2D eigenvalue weighted by Crippen LogP contribution is 2.04. The first-order valence-electron chi connectivity index (χ1n) is 4.02. The summed E-state index contributed by atoms with van der Waals surface area (Å²) in [6.45, 7) is 4.99. The van der Waals surface area contributed by atoms with E-state index in [1.54, 1.807) is 6.92 Å². The molecule has 76 valence electrons. The number of aliphatic carboxylic acids is 1. The highest BCUT2D eigenvalue weighted by molar-refractivity contribution is 6.31. The first kappa shape index (κ1) is 11.9. The van der Waals surface area contributed by atoms with Crippen LogP contribution in [0.1, 0.15) is 20.8 Å². The lowest BCUT2D eigenvalue weighted by atomic mass is 10.1. The second kappa shape index (κ2) is 4.23. The number of hydrogen-bond acceptors (Lipinski definition) is 3. The van der Waals surface area contributed by atoms with Crippen molar-refractivity contribution in [3.63, 3.8) is 0 Å². The lowest BCUT2D eigenvalue weighted by Crippen LogP contribution is -2.44. The van der Waals surface area contributed by atoms with Crippen molar-refractivity contribution in [2.75, 3.05) is 13.1 Å². The highest BCUT2D eigenvalue weighted by atomic mass is 16.4. The van der Waals surface area contributed by atoms with Gasteiger partial charge in [0.2, 0.25) is 0 Å². The summed E-state index contributed by atoms with van der Waals surface area (Å²) in [5, 5.41) is 17.8. The minimum atomic E-state index is -1.49. The number of likely N-dealkylation sites (N-methyl/N-ethyl adjacent to an activating group) is 1. The molecule has 5 heteroatoms. The molecule has 0 aromatic rings. The Kier molecular flexibility index (Phi) is 3.87. The van der Waals surface area contributed by atoms with Gasteiger partial charge in [-0.2, -0.15) is 0 Å². The van der Waals surface area contributed by atoms with E-state index < -0.39 is 17.5 Å². The Morgan fingerprint density at radius 2 is 1.85 bits per heavy atom. The smallest absolute Gasteiger partial charge is 0.394 e. The van der Waals surface area contributed by atoms with Gasteiger partial charge >= 0.3 is 11.9 Å². The van der Waals surface area contributed by atoms with E-state index in [-0.39, 0.29) is 13.1 Å². The van der Waals surface area contributed by atoms with E-state index in [9.17, 15) is 14.7 Å². The molecular formula is C8H15NO4. The number of carboxylic acid groups (broad SMARTS) is 1. The highest BCUT2D eigenvalue weighted by Gasteiger charge is 2.25. The third-order valence-electron chi connectivity index (χ3n) is 1.43. The molecule has 13 heavy (non-hydrogen) atoms. The maximum atomic E-state index is 11.0. The predicted molar refractivity (Wildman–Crippen MR) is 46.2 cm³/mol. The number of aliphatic hydroxyl groups is 1. The van der Waals surface area contributed by atoms with Crippen LogP contribution in [-0.2, 0) is 9.59 Å². The summed E-state index contributed by atoms with van der Waals surface area (Å²) in [6, 6.07) is 0. The number of carboxylic acids is 1. The fraction of sp³-hybridized carbons (Fsp3) is 0.750. The molecule has 0 radical (unpaired) electrons. The summed E-state index contributed by atoms with van der Waals surface area (Å²) < 4.78 is 0. The SMILES string of the molecule is CCN(CC(C)(C)O)C(=O)C(=O)O. The second-order valence-electron chi connectivity index (χ2n) is 3.44. The van der Waals surface area contributed by atoms with Crippen LogP contribution in [0.4, 0.5) is 0 Å². The van der Waals surface area contributed by atoms with E-state index in [4.69, 9.17) is 5.11 Å². The third-order valence-corrected chi connectivity index (χ3v) is 1.43. The van der Waals surface area contributed by atoms with E-state index in [1.807, 2.05) is 0 Å². The molecular weight excluding hydrogens is 174 g/mol. The summed E-state index contributed by atoms with van der Waals surface area (Å²) in [5.74, 6) is -2.48. The maximum Gasteiger partial charge on any atom is 0.394 e. The standard InChI is InChI=1S/C8H15NO4/c1-4-9(5-8(2,3)13)6(10)7(11)12/h13H,4-5H2,1-3H3,(H,11,12). The number of rotatable bonds is 3. The molecule has 0 aliphatic carbocycles. The largest absolute Gasteiger partial charge is 0.474 e. The molecule has 0 bridgehead atoms. The predicted octanol–water partition coefficient (Wildman–Crippen LogP) is -0.310. The van der Waals surface area contributed by atoms with Crippen LogP contribution in [0.25, 0.3) is 0 Å². The Bertz CT molecular complexity index is 207. The molecule has 0 spiro atoms. The van der Waals surface area contributed by atoms with Crippen molar-refractivity contribution in [1.29, 1.82) is 0 Å². The summed E-state index contributed by atoms with van der Waals surface area (Å²) in [6.07, 6.45) is 0. The fourth-order valence-corrected chi connectivity index (χ4v) is 0.930. The van der Waals surface area contributed by atoms with E-state index in [2.05, 4.69) is 0 Å². The Balaban J connectivity index is 4.36. The Labute approximate surface area is 77.0 Å². The van der Waals surface area contributed by atoms with Crippen LogP contribution in [0, 0.1) is 0 Å². The molecule has 0 aliphatic rings. The van der Waals surface area contributed by atoms with Gasteiger partial charge in [0.15, 0.2) is 0 Å². The maximum absolute atomic E-state index is 11.0. The zero-order valence-electron chi connectivity index (χ0n) is 8.07. The number of carbonyl (C=O) groups is 2. The molecule has 5 nitrogen and oxygen atoms in total. The van der Waals surface area contributed by atoms with Gasteiger partial charge in [-0.3, -0.25) is 4.79 Å². The van der Waals surface area contributed by atoms with Crippen molar-refractivity contribution in [3.8, 4) is 0 Å². The summed E-state index contributed by atoms with van der Waals surface area (Å²) in [5.41, 5.74) is -1.07. The van der Waals surface area contributed by atoms with Gasteiger partial charge in [0.05, 0.1) is 5.60 Å². The zero-order chi connectivity index (χ0) is 10.6. The van der Waals surface area contributed by atoms with Crippen molar-refractivity contribution in [2.24, 2.45) is 0 Å². The van der Waals surface area contributed by atoms with Crippen LogP contribution in [-0.4, -0.2) is 45.7 Å². The van der Waals surface area contributed by atoms with Crippen LogP contribution >= 0.6 is 0 Å². The lowest BCUT2D eigenvalue weighted by Gasteiger charge is -2.26. The number of nitrogens with zero attached hydrogens (tertiary/aromatic N) is 1. The van der Waals surface area contributed by atoms with Crippen molar-refractivity contribution in [2.45, 2.75) is 26.4 Å². The van der Waals surface area contributed by atoms with Gasteiger partial charge < -0.3 is 15.1 Å². The normalized spacial score (nSPS) is 11.1. The van der Waals surface area contributed by atoms with Crippen LogP contribution in [0.3, 0.4) is 0 Å². The number of amides is 1. The van der Waals surface area contributed by atoms with Gasteiger partial charge in [0.25, 0.3) is 0 Å². The monoisotopic (exact) mass is 189 g/mol. The molecule has 0 aromatic carbocycles. The molecule has 0 saturated heterocycles. The molecule has 0 unspecified atom stereocenters. The van der Waals surface area contributed by atoms with Crippen molar-refractivity contribution in [1.82, 2.24) is 4.90 Å². The lowest BCUT2D eigenvalue weighted by molar-refractivity contribution is -0.157. The molecule has 0 atom stereocenters. The Hall–Kier alpha value is -1.10. The van der Waals surface area contributed by atoms with Crippen LogP contribution in [0.5, 0.6) is 0 Å². The van der Waals surface area contributed by atoms with Crippen molar-refractivity contribution < 1.29 is 19.8 Å². The first-order chi connectivity index (χ1) is 5.78. The van der Waals surface area contributed by atoms with Crippen LogP contribution < -0.4 is 0 Å². The van der Waals surface area contributed by atoms with E-state index >= 15 is 0 Å². The van der Waals surface area contributed by atoms with E-state index in [0.717, 1.165) is 4.90 Å². The summed E-state index contributed by atoms with van der Waals surface area (Å²) >= 11 is 0. The minimum Gasteiger partial charge on any atom is -0.474 e. The Morgan fingerprint density at radius 1 is 1.38 bits per heavy atom. The minimum absolute atomic E-state index is 0.0225. The Morgan fingerprint density at radius 3 is 2.08 bits per heavy atom. The molecule has 2 N–H and O–H groups in total. The molecule has 1 amide bonds. The van der Waals surface area contributed by atoms with Crippen LogP contribution in [0.2, 0.25) is 0 Å². The first-order valence-corrected chi connectivity index (χ1v) is 4.02. The molecule has 0 rings (SSSR count).